The van der Waals surface area contributed by atoms with E-state index >= 15 is 0 Å². The number of hydrogen-bond donors (Lipinski definition) is 1. The second-order valence-electron chi connectivity index (χ2n) is 4.31. The quantitative estimate of drug-likeness (QED) is 0.659. The molecule has 1 N–H and O–H groups in total. The molecular weight excluding hydrogens is 244 g/mol. The Morgan fingerprint density at radius 3 is 3.00 bits per heavy atom. The lowest BCUT2D eigenvalue weighted by molar-refractivity contribution is 0.0500. The summed E-state index contributed by atoms with van der Waals surface area (Å²) in [5.74, 6) is -0.355. The van der Waals surface area contributed by atoms with Gasteiger partial charge in [0, 0.05) is 13.2 Å². The number of carbonyl (C=O) groups is 1. The van der Waals surface area contributed by atoms with Crippen LogP contribution >= 0.6 is 0 Å². The normalized spacial score (nSPS) is 10.4. The number of benzene rings is 1. The van der Waals surface area contributed by atoms with Crippen molar-refractivity contribution in [3.63, 3.8) is 0 Å². The van der Waals surface area contributed by atoms with E-state index in [0.717, 1.165) is 18.4 Å². The zero-order chi connectivity index (χ0) is 13.7. The van der Waals surface area contributed by atoms with Gasteiger partial charge in [-0.2, -0.15) is 5.10 Å². The second kappa shape index (κ2) is 6.04. The molecular formula is C14H16N2O3. The maximum atomic E-state index is 11.7. The van der Waals surface area contributed by atoms with Crippen molar-refractivity contribution in [3.05, 3.63) is 47.8 Å². The summed E-state index contributed by atoms with van der Waals surface area (Å²) in [6, 6.07) is 6.13. The van der Waals surface area contributed by atoms with Gasteiger partial charge in [0.15, 0.2) is 0 Å². The van der Waals surface area contributed by atoms with Crippen molar-refractivity contribution in [2.24, 2.45) is 7.05 Å². The first-order chi connectivity index (χ1) is 9.15. The lowest BCUT2D eigenvalue weighted by atomic mass is 10.2. The van der Waals surface area contributed by atoms with Gasteiger partial charge < -0.3 is 9.84 Å². The number of nitrogens with zero attached hydrogens (tertiary/aromatic N) is 2. The minimum absolute atomic E-state index is 0.0600. The molecule has 2 rings (SSSR count). The van der Waals surface area contributed by atoms with Crippen LogP contribution in [0.15, 0.2) is 36.7 Å². The number of rotatable bonds is 5. The lowest BCUT2D eigenvalue weighted by Crippen LogP contribution is -2.06. The lowest BCUT2D eigenvalue weighted by Gasteiger charge is -2.04. The maximum absolute atomic E-state index is 11.7. The van der Waals surface area contributed by atoms with E-state index in [-0.39, 0.29) is 5.75 Å². The molecule has 0 radical (unpaired) electrons. The Balaban J connectivity index is 1.75. The number of phenolic OH excluding ortho intramolecular Hbond substituents is 1. The predicted octanol–water partition coefficient (Wildman–Crippen LogP) is 1.92. The van der Waals surface area contributed by atoms with Crippen molar-refractivity contribution >= 4 is 5.97 Å². The highest BCUT2D eigenvalue weighted by atomic mass is 16.5. The van der Waals surface area contributed by atoms with Crippen LogP contribution in [0.1, 0.15) is 22.3 Å². The van der Waals surface area contributed by atoms with Crippen molar-refractivity contribution < 1.29 is 14.6 Å². The number of phenols is 1. The van der Waals surface area contributed by atoms with Crippen molar-refractivity contribution in [1.82, 2.24) is 9.78 Å². The Kier molecular flexibility index (Phi) is 4.18. The van der Waals surface area contributed by atoms with Gasteiger partial charge in [-0.3, -0.25) is 4.68 Å². The number of aromatic hydroxyl groups is 1. The summed E-state index contributed by atoms with van der Waals surface area (Å²) in [5, 5.41) is 13.3. The van der Waals surface area contributed by atoms with Crippen LogP contribution in [0.3, 0.4) is 0 Å². The monoisotopic (exact) mass is 260 g/mol. The molecule has 0 aliphatic heterocycles. The van der Waals surface area contributed by atoms with Crippen LogP contribution < -0.4 is 0 Å². The van der Waals surface area contributed by atoms with Crippen LogP contribution in [-0.4, -0.2) is 27.5 Å². The molecule has 5 nitrogen and oxygen atoms in total. The molecule has 1 aromatic carbocycles. The third-order valence-electron chi connectivity index (χ3n) is 2.68. The van der Waals surface area contributed by atoms with Crippen LogP contribution in [-0.2, 0) is 18.2 Å². The molecule has 0 atom stereocenters. The molecule has 0 amide bonds. The van der Waals surface area contributed by atoms with Crippen molar-refractivity contribution in [2.75, 3.05) is 6.61 Å². The molecule has 0 bridgehead atoms. The van der Waals surface area contributed by atoms with E-state index in [9.17, 15) is 9.90 Å². The van der Waals surface area contributed by atoms with Gasteiger partial charge in [0.25, 0.3) is 0 Å². The van der Waals surface area contributed by atoms with E-state index < -0.39 is 5.97 Å². The summed E-state index contributed by atoms with van der Waals surface area (Å²) >= 11 is 0. The van der Waals surface area contributed by atoms with Crippen LogP contribution in [0.5, 0.6) is 5.75 Å². The van der Waals surface area contributed by atoms with Gasteiger partial charge in [0.2, 0.25) is 0 Å². The zero-order valence-electron chi connectivity index (χ0n) is 10.7. The molecule has 100 valence electrons. The third-order valence-corrected chi connectivity index (χ3v) is 2.68. The molecule has 5 heteroatoms. The first kappa shape index (κ1) is 13.1. The first-order valence-electron chi connectivity index (χ1n) is 6.09. The highest BCUT2D eigenvalue weighted by molar-refractivity contribution is 5.89. The van der Waals surface area contributed by atoms with Crippen LogP contribution in [0, 0.1) is 0 Å². The predicted molar refractivity (Wildman–Crippen MR) is 69.9 cm³/mol. The standard InChI is InChI=1S/C14H16N2O3/c1-16-10-11(9-15-16)4-3-7-19-14(18)12-5-2-6-13(17)8-12/h2,5-6,8-10,17H,3-4,7H2,1H3. The molecule has 0 fully saturated rings. The molecule has 1 heterocycles. The van der Waals surface area contributed by atoms with Gasteiger partial charge in [-0.05, 0) is 36.6 Å². The molecule has 0 aliphatic carbocycles. The Labute approximate surface area is 111 Å². The SMILES string of the molecule is Cn1cc(CCCOC(=O)c2cccc(O)c2)cn1. The van der Waals surface area contributed by atoms with E-state index in [1.165, 1.54) is 12.1 Å². The number of ether oxygens (including phenoxy) is 1. The zero-order valence-corrected chi connectivity index (χ0v) is 10.7. The minimum Gasteiger partial charge on any atom is -0.508 e. The number of aryl methyl sites for hydroxylation is 2. The van der Waals surface area contributed by atoms with Gasteiger partial charge >= 0.3 is 5.97 Å². The molecule has 19 heavy (non-hydrogen) atoms. The summed E-state index contributed by atoms with van der Waals surface area (Å²) < 4.78 is 6.88. The molecule has 0 aliphatic rings. The van der Waals surface area contributed by atoms with E-state index in [1.807, 2.05) is 13.2 Å². The molecule has 0 unspecified atom stereocenters. The van der Waals surface area contributed by atoms with Crippen molar-refractivity contribution in [2.45, 2.75) is 12.8 Å². The highest BCUT2D eigenvalue weighted by Crippen LogP contribution is 2.12. The smallest absolute Gasteiger partial charge is 0.338 e. The fraction of sp³-hybridized carbons (Fsp3) is 0.286. The summed E-state index contributed by atoms with van der Waals surface area (Å²) in [7, 11) is 1.87. The Bertz CT molecular complexity index is 563. The summed E-state index contributed by atoms with van der Waals surface area (Å²) in [6.45, 7) is 0.351. The van der Waals surface area contributed by atoms with Crippen LogP contribution in [0.2, 0.25) is 0 Å². The Morgan fingerprint density at radius 2 is 2.32 bits per heavy atom. The fourth-order valence-electron chi connectivity index (χ4n) is 1.76. The minimum atomic E-state index is -0.415. The average Bonchev–Trinajstić information content (AvgIpc) is 2.80. The highest BCUT2D eigenvalue weighted by Gasteiger charge is 2.07. The van der Waals surface area contributed by atoms with E-state index in [2.05, 4.69) is 5.10 Å². The van der Waals surface area contributed by atoms with Gasteiger partial charge in [0.1, 0.15) is 5.75 Å². The first-order valence-corrected chi connectivity index (χ1v) is 6.09. The Hall–Kier alpha value is -2.30. The topological polar surface area (TPSA) is 64.3 Å². The summed E-state index contributed by atoms with van der Waals surface area (Å²) in [5.41, 5.74) is 1.48. The summed E-state index contributed by atoms with van der Waals surface area (Å²) in [6.07, 6.45) is 5.31. The average molecular weight is 260 g/mol. The largest absolute Gasteiger partial charge is 0.508 e. The number of esters is 1. The molecule has 0 saturated carbocycles. The Morgan fingerprint density at radius 1 is 1.47 bits per heavy atom. The van der Waals surface area contributed by atoms with E-state index in [1.54, 1.807) is 23.0 Å². The fourth-order valence-corrected chi connectivity index (χ4v) is 1.76. The van der Waals surface area contributed by atoms with Gasteiger partial charge in [-0.15, -0.1) is 0 Å². The number of hydrogen-bond acceptors (Lipinski definition) is 4. The summed E-state index contributed by atoms with van der Waals surface area (Å²) in [4.78, 5) is 11.7. The third kappa shape index (κ3) is 3.84. The van der Waals surface area contributed by atoms with Crippen LogP contribution in [0.25, 0.3) is 0 Å². The molecule has 1 aromatic heterocycles. The number of carbonyl (C=O) groups excluding carboxylic acids is 1. The molecule has 0 spiro atoms. The van der Waals surface area contributed by atoms with Crippen molar-refractivity contribution in [1.29, 1.82) is 0 Å². The van der Waals surface area contributed by atoms with Gasteiger partial charge in [-0.25, -0.2) is 4.79 Å². The van der Waals surface area contributed by atoms with Gasteiger partial charge in [0.05, 0.1) is 18.4 Å². The van der Waals surface area contributed by atoms with Gasteiger partial charge in [-0.1, -0.05) is 6.07 Å². The number of aromatic nitrogens is 2. The van der Waals surface area contributed by atoms with E-state index in [4.69, 9.17) is 4.74 Å². The maximum Gasteiger partial charge on any atom is 0.338 e. The van der Waals surface area contributed by atoms with E-state index in [0.29, 0.717) is 12.2 Å². The molecule has 2 aromatic rings. The second-order valence-corrected chi connectivity index (χ2v) is 4.31. The molecule has 0 saturated heterocycles. The van der Waals surface area contributed by atoms with Crippen LogP contribution in [0.4, 0.5) is 0 Å². The van der Waals surface area contributed by atoms with Crippen molar-refractivity contribution in [3.8, 4) is 5.75 Å².